The highest BCUT2D eigenvalue weighted by molar-refractivity contribution is 9.10. The lowest BCUT2D eigenvalue weighted by atomic mass is 10.2. The van der Waals surface area contributed by atoms with Crippen LogP contribution < -0.4 is 15.4 Å². The van der Waals surface area contributed by atoms with Crippen molar-refractivity contribution in [1.29, 1.82) is 0 Å². The number of amides is 1. The Morgan fingerprint density at radius 3 is 2.95 bits per heavy atom. The molecule has 1 aromatic rings. The van der Waals surface area contributed by atoms with Gasteiger partial charge in [-0.3, -0.25) is 4.79 Å². The van der Waals surface area contributed by atoms with Gasteiger partial charge >= 0.3 is 0 Å². The number of carbonyl (C=O) groups excluding carboxylic acids is 1. The van der Waals surface area contributed by atoms with Crippen molar-refractivity contribution in [2.75, 3.05) is 13.1 Å². The molecule has 0 heterocycles. The Balaban J connectivity index is 2.67. The summed E-state index contributed by atoms with van der Waals surface area (Å²) in [5.41, 5.74) is 1.10. The first-order valence-electron chi connectivity index (χ1n) is 6.62. The Bertz CT molecular complexity index is 463. The first-order valence-corrected chi connectivity index (χ1v) is 7.42. The summed E-state index contributed by atoms with van der Waals surface area (Å²) in [7, 11) is 0. The predicted molar refractivity (Wildman–Crippen MR) is 84.8 cm³/mol. The van der Waals surface area contributed by atoms with Gasteiger partial charge in [0.1, 0.15) is 5.75 Å². The van der Waals surface area contributed by atoms with Crippen molar-refractivity contribution >= 4 is 21.8 Å². The maximum absolute atomic E-state index is 11.7. The second-order valence-electron chi connectivity index (χ2n) is 4.33. The fourth-order valence-corrected chi connectivity index (χ4v) is 1.98. The monoisotopic (exact) mass is 340 g/mol. The number of hydrogen-bond donors (Lipinski definition) is 2. The minimum atomic E-state index is -0.539. The number of rotatable bonds is 8. The van der Waals surface area contributed by atoms with Crippen molar-refractivity contribution in [1.82, 2.24) is 10.6 Å². The third kappa shape index (κ3) is 5.35. The lowest BCUT2D eigenvalue weighted by molar-refractivity contribution is -0.127. The third-order valence-corrected chi connectivity index (χ3v) is 3.46. The van der Waals surface area contributed by atoms with Gasteiger partial charge < -0.3 is 15.4 Å². The average Bonchev–Trinajstić information content (AvgIpc) is 2.45. The summed E-state index contributed by atoms with van der Waals surface area (Å²) in [6.45, 7) is 9.44. The van der Waals surface area contributed by atoms with Gasteiger partial charge in [-0.15, -0.1) is 6.58 Å². The maximum Gasteiger partial charge on any atom is 0.261 e. The minimum Gasteiger partial charge on any atom is -0.481 e. The van der Waals surface area contributed by atoms with E-state index in [1.807, 2.05) is 18.2 Å². The molecule has 1 amide bonds. The summed E-state index contributed by atoms with van der Waals surface area (Å²) in [5.74, 6) is 0.531. The van der Waals surface area contributed by atoms with Crippen LogP contribution in [0.2, 0.25) is 0 Å². The molecule has 0 radical (unpaired) electrons. The smallest absolute Gasteiger partial charge is 0.261 e. The minimum absolute atomic E-state index is 0.152. The van der Waals surface area contributed by atoms with E-state index in [9.17, 15) is 4.79 Å². The van der Waals surface area contributed by atoms with E-state index in [4.69, 9.17) is 4.74 Å². The SMILES string of the molecule is C=CCNC(=O)C(C)Oc1ccc(Br)c(CNCC)c1. The highest BCUT2D eigenvalue weighted by Gasteiger charge is 2.14. The predicted octanol–water partition coefficient (Wildman–Crippen LogP) is 2.63. The summed E-state index contributed by atoms with van der Waals surface area (Å²) in [6, 6.07) is 5.71. The van der Waals surface area contributed by atoms with E-state index in [0.717, 1.165) is 23.1 Å². The largest absolute Gasteiger partial charge is 0.481 e. The van der Waals surface area contributed by atoms with Gasteiger partial charge in [-0.25, -0.2) is 0 Å². The fraction of sp³-hybridized carbons (Fsp3) is 0.400. The molecular weight excluding hydrogens is 320 g/mol. The number of ether oxygens (including phenoxy) is 1. The van der Waals surface area contributed by atoms with Crippen LogP contribution in [-0.4, -0.2) is 25.1 Å². The summed E-state index contributed by atoms with van der Waals surface area (Å²) in [6.07, 6.45) is 1.10. The van der Waals surface area contributed by atoms with Crippen molar-refractivity contribution in [2.45, 2.75) is 26.5 Å². The molecule has 0 aliphatic rings. The lowest BCUT2D eigenvalue weighted by Gasteiger charge is -2.15. The van der Waals surface area contributed by atoms with E-state index >= 15 is 0 Å². The summed E-state index contributed by atoms with van der Waals surface area (Å²) in [4.78, 5) is 11.7. The number of carbonyl (C=O) groups is 1. The molecule has 1 rings (SSSR count). The van der Waals surface area contributed by atoms with Crippen molar-refractivity contribution in [3.05, 3.63) is 40.9 Å². The molecule has 4 nitrogen and oxygen atoms in total. The van der Waals surface area contributed by atoms with Crippen LogP contribution in [0.25, 0.3) is 0 Å². The van der Waals surface area contributed by atoms with Crippen LogP contribution in [0, 0.1) is 0 Å². The van der Waals surface area contributed by atoms with Crippen LogP contribution in [0.3, 0.4) is 0 Å². The zero-order chi connectivity index (χ0) is 15.0. The highest BCUT2D eigenvalue weighted by atomic mass is 79.9. The van der Waals surface area contributed by atoms with Crippen molar-refractivity contribution in [3.63, 3.8) is 0 Å². The molecule has 0 aliphatic heterocycles. The Hall–Kier alpha value is -1.33. The van der Waals surface area contributed by atoms with Gasteiger partial charge in [0.25, 0.3) is 5.91 Å². The Labute approximate surface area is 128 Å². The van der Waals surface area contributed by atoms with Gasteiger partial charge in [0.2, 0.25) is 0 Å². The molecule has 110 valence electrons. The number of benzene rings is 1. The topological polar surface area (TPSA) is 50.4 Å². The van der Waals surface area contributed by atoms with Crippen LogP contribution >= 0.6 is 15.9 Å². The van der Waals surface area contributed by atoms with Gasteiger partial charge in [-0.2, -0.15) is 0 Å². The molecular formula is C15H21BrN2O2. The zero-order valence-electron chi connectivity index (χ0n) is 11.9. The van der Waals surface area contributed by atoms with Gasteiger partial charge in [0, 0.05) is 17.6 Å². The first-order chi connectivity index (χ1) is 9.58. The van der Waals surface area contributed by atoms with E-state index in [-0.39, 0.29) is 5.91 Å². The molecule has 1 atom stereocenters. The molecule has 0 saturated heterocycles. The van der Waals surface area contributed by atoms with Crippen LogP contribution in [0.4, 0.5) is 0 Å². The van der Waals surface area contributed by atoms with E-state index in [1.54, 1.807) is 13.0 Å². The molecule has 2 N–H and O–H groups in total. The quantitative estimate of drug-likeness (QED) is 0.715. The molecule has 0 aliphatic carbocycles. The molecule has 5 heteroatoms. The van der Waals surface area contributed by atoms with E-state index in [2.05, 4.69) is 40.1 Å². The van der Waals surface area contributed by atoms with Crippen molar-refractivity contribution in [2.24, 2.45) is 0 Å². The second kappa shape index (κ2) is 8.76. The zero-order valence-corrected chi connectivity index (χ0v) is 13.5. The second-order valence-corrected chi connectivity index (χ2v) is 5.18. The molecule has 0 spiro atoms. The fourth-order valence-electron chi connectivity index (χ4n) is 1.59. The standard InChI is InChI=1S/C15H21BrN2O2/c1-4-8-18-15(19)11(3)20-13-6-7-14(16)12(9-13)10-17-5-2/h4,6-7,9,11,17H,1,5,8,10H2,2-3H3,(H,18,19). The third-order valence-electron chi connectivity index (χ3n) is 2.69. The first kappa shape index (κ1) is 16.7. The van der Waals surface area contributed by atoms with Gasteiger partial charge in [-0.1, -0.05) is 28.9 Å². The highest BCUT2D eigenvalue weighted by Crippen LogP contribution is 2.23. The summed E-state index contributed by atoms with van der Waals surface area (Å²) >= 11 is 3.50. The number of hydrogen-bond acceptors (Lipinski definition) is 3. The van der Waals surface area contributed by atoms with E-state index in [1.165, 1.54) is 0 Å². The molecule has 1 unspecified atom stereocenters. The lowest BCUT2D eigenvalue weighted by Crippen LogP contribution is -2.36. The number of nitrogens with one attached hydrogen (secondary N) is 2. The average molecular weight is 341 g/mol. The molecule has 0 fully saturated rings. The van der Waals surface area contributed by atoms with Crippen LogP contribution in [-0.2, 0) is 11.3 Å². The number of halogens is 1. The van der Waals surface area contributed by atoms with Crippen LogP contribution in [0.1, 0.15) is 19.4 Å². The molecule has 0 bridgehead atoms. The molecule has 20 heavy (non-hydrogen) atoms. The Morgan fingerprint density at radius 1 is 1.55 bits per heavy atom. The van der Waals surface area contributed by atoms with Gasteiger partial charge in [0.05, 0.1) is 0 Å². The van der Waals surface area contributed by atoms with Gasteiger partial charge in [-0.05, 0) is 37.2 Å². The summed E-state index contributed by atoms with van der Waals surface area (Å²) < 4.78 is 6.68. The maximum atomic E-state index is 11.7. The molecule has 0 aromatic heterocycles. The molecule has 0 saturated carbocycles. The van der Waals surface area contributed by atoms with E-state index in [0.29, 0.717) is 12.3 Å². The Morgan fingerprint density at radius 2 is 2.30 bits per heavy atom. The van der Waals surface area contributed by atoms with Crippen molar-refractivity contribution < 1.29 is 9.53 Å². The van der Waals surface area contributed by atoms with Crippen molar-refractivity contribution in [3.8, 4) is 5.75 Å². The normalized spacial score (nSPS) is 11.8. The van der Waals surface area contributed by atoms with Gasteiger partial charge in [0.15, 0.2) is 6.10 Å². The van der Waals surface area contributed by atoms with Crippen LogP contribution in [0.5, 0.6) is 5.75 Å². The Kier molecular flexibility index (Phi) is 7.33. The van der Waals surface area contributed by atoms with Crippen LogP contribution in [0.15, 0.2) is 35.3 Å². The summed E-state index contributed by atoms with van der Waals surface area (Å²) in [5, 5.41) is 5.97. The molecule has 1 aromatic carbocycles. The van der Waals surface area contributed by atoms with E-state index < -0.39 is 6.10 Å².